The molecule has 0 aliphatic carbocycles. The first-order valence-electron chi connectivity index (χ1n) is 16.5. The SMILES string of the molecule is CCCCCCCCCCCCCCCc1cc(OCCNC(O)CCO)cc(OCC(CC)CCCC)c1. The molecule has 1 aromatic carbocycles. The summed E-state index contributed by atoms with van der Waals surface area (Å²) in [6.45, 7) is 8.48. The van der Waals surface area contributed by atoms with Crippen molar-refractivity contribution in [3.8, 4) is 11.5 Å². The first-order chi connectivity index (χ1) is 19.1. The van der Waals surface area contributed by atoms with E-state index in [1.54, 1.807) is 0 Å². The number of unbranched alkanes of at least 4 members (excludes halogenated alkanes) is 13. The molecule has 39 heavy (non-hydrogen) atoms. The molecule has 0 bridgehead atoms. The summed E-state index contributed by atoms with van der Waals surface area (Å²) < 4.78 is 12.3. The molecule has 0 aromatic heterocycles. The zero-order valence-electron chi connectivity index (χ0n) is 25.9. The number of ether oxygens (including phenoxy) is 2. The summed E-state index contributed by atoms with van der Waals surface area (Å²) in [7, 11) is 0. The van der Waals surface area contributed by atoms with Gasteiger partial charge < -0.3 is 19.7 Å². The van der Waals surface area contributed by atoms with Crippen molar-refractivity contribution >= 4 is 0 Å². The van der Waals surface area contributed by atoms with Crippen LogP contribution in [0.1, 0.15) is 142 Å². The third-order valence-corrected chi connectivity index (χ3v) is 7.69. The molecule has 0 radical (unpaired) electrons. The van der Waals surface area contributed by atoms with E-state index < -0.39 is 6.23 Å². The standard InChI is InChI=1S/C34H63NO4/c1-4-7-9-10-11-12-13-14-15-16-17-18-19-21-31-26-32(38-25-23-35-34(37)22-24-36)28-33(27-31)39-29-30(6-3)20-8-5-2/h26-28,30,34-37H,4-25,29H2,1-3H3. The van der Waals surface area contributed by atoms with Crippen molar-refractivity contribution in [3.63, 3.8) is 0 Å². The third kappa shape index (κ3) is 20.3. The van der Waals surface area contributed by atoms with Gasteiger partial charge in [-0.2, -0.15) is 0 Å². The Labute approximate surface area is 241 Å². The third-order valence-electron chi connectivity index (χ3n) is 7.69. The van der Waals surface area contributed by atoms with Crippen molar-refractivity contribution in [1.29, 1.82) is 0 Å². The van der Waals surface area contributed by atoms with Gasteiger partial charge in [0, 0.05) is 25.6 Å². The number of nitrogens with one attached hydrogen (secondary N) is 1. The highest BCUT2D eigenvalue weighted by atomic mass is 16.5. The molecule has 228 valence electrons. The van der Waals surface area contributed by atoms with E-state index in [9.17, 15) is 5.11 Å². The fourth-order valence-electron chi connectivity index (χ4n) is 5.02. The lowest BCUT2D eigenvalue weighted by Crippen LogP contribution is -2.33. The molecule has 0 saturated carbocycles. The highest BCUT2D eigenvalue weighted by Crippen LogP contribution is 2.26. The highest BCUT2D eigenvalue weighted by Gasteiger charge is 2.10. The Hall–Kier alpha value is -1.30. The van der Waals surface area contributed by atoms with Crippen LogP contribution in [0.25, 0.3) is 0 Å². The lowest BCUT2D eigenvalue weighted by molar-refractivity contribution is 0.0982. The number of hydrogen-bond acceptors (Lipinski definition) is 5. The van der Waals surface area contributed by atoms with Gasteiger partial charge >= 0.3 is 0 Å². The molecule has 0 saturated heterocycles. The van der Waals surface area contributed by atoms with Crippen molar-refractivity contribution in [2.45, 2.75) is 149 Å². The van der Waals surface area contributed by atoms with Crippen molar-refractivity contribution in [3.05, 3.63) is 23.8 Å². The quantitative estimate of drug-likeness (QED) is 0.0721. The molecule has 0 spiro atoms. The predicted molar refractivity (Wildman–Crippen MR) is 166 cm³/mol. The predicted octanol–water partition coefficient (Wildman–Crippen LogP) is 8.58. The Balaban J connectivity index is 2.43. The van der Waals surface area contributed by atoms with E-state index in [0.29, 0.717) is 25.5 Å². The van der Waals surface area contributed by atoms with Gasteiger partial charge in [-0.3, -0.25) is 5.32 Å². The van der Waals surface area contributed by atoms with E-state index in [-0.39, 0.29) is 6.61 Å². The van der Waals surface area contributed by atoms with E-state index in [4.69, 9.17) is 14.6 Å². The smallest absolute Gasteiger partial charge is 0.123 e. The molecule has 5 heteroatoms. The Morgan fingerprint density at radius 3 is 1.82 bits per heavy atom. The molecule has 1 aromatic rings. The summed E-state index contributed by atoms with van der Waals surface area (Å²) in [5, 5.41) is 21.6. The molecule has 3 N–H and O–H groups in total. The van der Waals surface area contributed by atoms with Crippen LogP contribution in [0.4, 0.5) is 0 Å². The maximum absolute atomic E-state index is 9.74. The molecule has 0 aliphatic heterocycles. The second-order valence-corrected chi connectivity index (χ2v) is 11.4. The van der Waals surface area contributed by atoms with Crippen molar-refractivity contribution < 1.29 is 19.7 Å². The topological polar surface area (TPSA) is 71.0 Å². The van der Waals surface area contributed by atoms with E-state index in [0.717, 1.165) is 30.9 Å². The van der Waals surface area contributed by atoms with Crippen molar-refractivity contribution in [2.75, 3.05) is 26.4 Å². The van der Waals surface area contributed by atoms with Gasteiger partial charge in [0.1, 0.15) is 24.3 Å². The molecule has 0 amide bonds. The zero-order chi connectivity index (χ0) is 28.4. The van der Waals surface area contributed by atoms with E-state index >= 15 is 0 Å². The van der Waals surface area contributed by atoms with Gasteiger partial charge in [0.15, 0.2) is 0 Å². The maximum atomic E-state index is 9.74. The number of aliphatic hydroxyl groups is 2. The minimum absolute atomic E-state index is 0.0338. The van der Waals surface area contributed by atoms with Crippen LogP contribution in [0.5, 0.6) is 11.5 Å². The van der Waals surface area contributed by atoms with Crippen LogP contribution in [-0.4, -0.2) is 42.8 Å². The number of rotatable bonds is 28. The van der Waals surface area contributed by atoms with Crippen LogP contribution in [-0.2, 0) is 6.42 Å². The van der Waals surface area contributed by atoms with Gasteiger partial charge in [-0.15, -0.1) is 0 Å². The lowest BCUT2D eigenvalue weighted by Gasteiger charge is -2.17. The fraction of sp³-hybridized carbons (Fsp3) is 0.824. The van der Waals surface area contributed by atoms with E-state index in [2.05, 4.69) is 38.2 Å². The molecule has 5 nitrogen and oxygen atoms in total. The molecule has 0 fully saturated rings. The van der Waals surface area contributed by atoms with Gasteiger partial charge in [0.2, 0.25) is 0 Å². The molecule has 1 rings (SSSR count). The van der Waals surface area contributed by atoms with Crippen LogP contribution in [0.15, 0.2) is 18.2 Å². The van der Waals surface area contributed by atoms with Gasteiger partial charge in [-0.1, -0.05) is 117 Å². The summed E-state index contributed by atoms with van der Waals surface area (Å²) >= 11 is 0. The van der Waals surface area contributed by atoms with Crippen LogP contribution in [0, 0.1) is 5.92 Å². The minimum atomic E-state index is -0.700. The van der Waals surface area contributed by atoms with Crippen LogP contribution < -0.4 is 14.8 Å². The summed E-state index contributed by atoms with van der Waals surface area (Å²) in [5.74, 6) is 2.33. The number of aliphatic hydroxyl groups excluding tert-OH is 2. The van der Waals surface area contributed by atoms with E-state index in [1.165, 1.54) is 108 Å². The summed E-state index contributed by atoms with van der Waals surface area (Å²) in [6, 6.07) is 6.35. The fourth-order valence-corrected chi connectivity index (χ4v) is 5.02. The molecule has 2 atom stereocenters. The molecule has 0 aliphatic rings. The molecule has 2 unspecified atom stereocenters. The number of aryl methyl sites for hydroxylation is 1. The van der Waals surface area contributed by atoms with Gasteiger partial charge in [-0.25, -0.2) is 0 Å². The summed E-state index contributed by atoms with van der Waals surface area (Å²) in [4.78, 5) is 0. The van der Waals surface area contributed by atoms with Crippen LogP contribution >= 0.6 is 0 Å². The van der Waals surface area contributed by atoms with Gasteiger partial charge in [-0.05, 0) is 42.9 Å². The van der Waals surface area contributed by atoms with Gasteiger partial charge in [0.25, 0.3) is 0 Å². The number of hydrogen-bond donors (Lipinski definition) is 3. The average Bonchev–Trinajstić information content (AvgIpc) is 2.94. The zero-order valence-corrected chi connectivity index (χ0v) is 25.9. The molecular formula is C34H63NO4. The largest absolute Gasteiger partial charge is 0.493 e. The summed E-state index contributed by atoms with van der Waals surface area (Å²) in [6.07, 6.45) is 23.3. The normalized spacial score (nSPS) is 12.9. The van der Waals surface area contributed by atoms with Crippen LogP contribution in [0.3, 0.4) is 0 Å². The molecular weight excluding hydrogens is 486 g/mol. The Morgan fingerprint density at radius 1 is 0.692 bits per heavy atom. The van der Waals surface area contributed by atoms with Crippen LogP contribution in [0.2, 0.25) is 0 Å². The minimum Gasteiger partial charge on any atom is -0.493 e. The highest BCUT2D eigenvalue weighted by molar-refractivity contribution is 5.38. The lowest BCUT2D eigenvalue weighted by atomic mass is 10.0. The maximum Gasteiger partial charge on any atom is 0.123 e. The summed E-state index contributed by atoms with van der Waals surface area (Å²) in [5.41, 5.74) is 1.28. The monoisotopic (exact) mass is 549 g/mol. The molecule has 0 heterocycles. The van der Waals surface area contributed by atoms with Crippen molar-refractivity contribution in [1.82, 2.24) is 5.32 Å². The Bertz CT molecular complexity index is 669. The van der Waals surface area contributed by atoms with E-state index in [1.807, 2.05) is 6.07 Å². The first-order valence-corrected chi connectivity index (χ1v) is 16.5. The number of benzene rings is 1. The Kier molecular flexibility index (Phi) is 23.5. The van der Waals surface area contributed by atoms with Gasteiger partial charge in [0.05, 0.1) is 6.61 Å². The Morgan fingerprint density at radius 2 is 1.26 bits per heavy atom. The average molecular weight is 550 g/mol. The second kappa shape index (κ2) is 25.7. The first kappa shape index (κ1) is 35.7. The second-order valence-electron chi connectivity index (χ2n) is 11.4. The van der Waals surface area contributed by atoms with Crippen molar-refractivity contribution in [2.24, 2.45) is 5.92 Å².